The first-order valence-electron chi connectivity index (χ1n) is 7.24. The van der Waals surface area contributed by atoms with Gasteiger partial charge in [0.25, 0.3) is 0 Å². The van der Waals surface area contributed by atoms with E-state index in [0.29, 0.717) is 0 Å². The van der Waals surface area contributed by atoms with Crippen LogP contribution in [-0.4, -0.2) is 69.5 Å². The molecule has 1 aromatic rings. The van der Waals surface area contributed by atoms with Crippen molar-refractivity contribution >= 4 is 0 Å². The molecule has 0 aromatic heterocycles. The van der Waals surface area contributed by atoms with E-state index in [1.807, 2.05) is 13.8 Å². The molecule has 11 heteroatoms. The fraction of sp³-hybridized carbons (Fsp3) is 0.571. The zero-order valence-electron chi connectivity index (χ0n) is 13.8. The Morgan fingerprint density at radius 1 is 0.920 bits per heavy atom. The van der Waals surface area contributed by atoms with Crippen molar-refractivity contribution in [2.75, 3.05) is 0 Å². The number of ether oxygens (including phenoxy) is 1. The van der Waals surface area contributed by atoms with Crippen LogP contribution in [0.5, 0.6) is 0 Å². The van der Waals surface area contributed by atoms with Gasteiger partial charge in [-0.2, -0.15) is 4.90 Å². The molecule has 0 amide bonds. The van der Waals surface area contributed by atoms with Crippen molar-refractivity contribution in [2.45, 2.75) is 51.1 Å². The number of hydrogen-bond acceptors (Lipinski definition) is 10. The van der Waals surface area contributed by atoms with Crippen LogP contribution in [0.4, 0.5) is 4.39 Å². The molecular formula is C14H22FNO9. The van der Waals surface area contributed by atoms with Crippen LogP contribution in [0.25, 0.3) is 0 Å². The molecule has 8 N–H and O–H groups in total. The molecule has 1 aromatic carbocycles. The maximum Gasteiger partial charge on any atom is 0.356 e. The van der Waals surface area contributed by atoms with E-state index in [1.165, 1.54) is 19.1 Å². The smallest absolute Gasteiger partial charge is 0.347 e. The van der Waals surface area contributed by atoms with Gasteiger partial charge in [-0.05, 0) is 24.1 Å². The van der Waals surface area contributed by atoms with E-state index in [0.717, 1.165) is 6.07 Å². The summed E-state index contributed by atoms with van der Waals surface area (Å²) >= 11 is 0. The molecule has 1 fully saturated rings. The first-order valence-corrected chi connectivity index (χ1v) is 7.24. The van der Waals surface area contributed by atoms with Gasteiger partial charge >= 0.3 is 23.8 Å². The molecule has 10 nitrogen and oxygen atoms in total. The van der Waals surface area contributed by atoms with Crippen LogP contribution >= 0.6 is 0 Å². The Hall–Kier alpha value is -1.25. The van der Waals surface area contributed by atoms with Crippen molar-refractivity contribution < 1.29 is 50.0 Å². The average molecular weight is 367 g/mol. The minimum Gasteiger partial charge on any atom is -0.347 e. The first kappa shape index (κ1) is 21.8. The lowest BCUT2D eigenvalue weighted by atomic mass is 10.1. The Kier molecular flexibility index (Phi) is 5.94. The largest absolute Gasteiger partial charge is 0.356 e. The van der Waals surface area contributed by atoms with Gasteiger partial charge in [-0.25, -0.2) is 4.39 Å². The van der Waals surface area contributed by atoms with E-state index in [-0.39, 0.29) is 16.0 Å². The summed E-state index contributed by atoms with van der Waals surface area (Å²) in [7, 11) is 0. The summed E-state index contributed by atoms with van der Waals surface area (Å²) < 4.78 is 17.2. The van der Waals surface area contributed by atoms with Crippen LogP contribution in [-0.2, 0) is 11.3 Å². The van der Waals surface area contributed by atoms with Gasteiger partial charge in [0.15, 0.2) is 0 Å². The molecule has 1 heterocycles. The van der Waals surface area contributed by atoms with Gasteiger partial charge in [-0.1, -0.05) is 26.0 Å². The lowest BCUT2D eigenvalue weighted by Gasteiger charge is -2.55. The van der Waals surface area contributed by atoms with Crippen molar-refractivity contribution in [1.29, 1.82) is 0 Å². The summed E-state index contributed by atoms with van der Waals surface area (Å²) in [6, 6.07) is 3.44. The lowest BCUT2D eigenvalue weighted by Crippen LogP contribution is -2.83. The molecule has 25 heavy (non-hydrogen) atoms. The van der Waals surface area contributed by atoms with Crippen molar-refractivity contribution in [2.24, 2.45) is 0 Å². The Bertz CT molecular complexity index is 592. The third-order valence-electron chi connectivity index (χ3n) is 3.49. The quantitative estimate of drug-likeness (QED) is 0.262. The zero-order chi connectivity index (χ0) is 19.8. The zero-order valence-corrected chi connectivity index (χ0v) is 13.8. The Balaban J connectivity index is 0.00000151. The number of rotatable bonds is 2. The maximum absolute atomic E-state index is 13.5. The topological polar surface area (TPSA) is 174 Å². The highest BCUT2D eigenvalue weighted by atomic mass is 19.1. The van der Waals surface area contributed by atoms with E-state index >= 15 is 0 Å². The third kappa shape index (κ3) is 3.66. The number of aryl methyl sites for hydroxylation is 1. The second-order valence-electron chi connectivity index (χ2n) is 5.26. The van der Waals surface area contributed by atoms with Crippen LogP contribution in [0, 0.1) is 12.7 Å². The summed E-state index contributed by atoms with van der Waals surface area (Å²) in [6.45, 7) is 4.50. The molecule has 1 aliphatic heterocycles. The summed E-state index contributed by atoms with van der Waals surface area (Å²) in [5.74, 6) is -16.5. The van der Waals surface area contributed by atoms with Gasteiger partial charge in [0.2, 0.25) is 0 Å². The lowest BCUT2D eigenvalue weighted by molar-refractivity contribution is -0.659. The predicted octanol–water partition coefficient (Wildman–Crippen LogP) is -2.45. The molecule has 144 valence electrons. The van der Waals surface area contributed by atoms with Crippen molar-refractivity contribution in [3.63, 3.8) is 0 Å². The minimum absolute atomic E-state index is 0.0819. The van der Waals surface area contributed by atoms with Crippen LogP contribution in [0.3, 0.4) is 0 Å². The Labute approximate surface area is 142 Å². The highest BCUT2D eigenvalue weighted by Gasteiger charge is 2.74. The summed E-state index contributed by atoms with van der Waals surface area (Å²) in [6.07, 6.45) is 0. The van der Waals surface area contributed by atoms with Crippen LogP contribution in [0.15, 0.2) is 18.2 Å². The van der Waals surface area contributed by atoms with E-state index in [4.69, 9.17) is 0 Å². The molecule has 0 bridgehead atoms. The first-order chi connectivity index (χ1) is 11.2. The molecule has 0 spiro atoms. The SMILES string of the molecule is CC.Cc1ccc(CN2C(O)(O)C(O)(O)OC(O)(O)C2(O)O)cc1F. The number of morpholine rings is 1. The Morgan fingerprint density at radius 3 is 1.76 bits per heavy atom. The highest BCUT2D eigenvalue weighted by Crippen LogP contribution is 2.42. The molecule has 0 saturated carbocycles. The van der Waals surface area contributed by atoms with Crippen LogP contribution in [0.2, 0.25) is 0 Å². The van der Waals surface area contributed by atoms with E-state index in [1.54, 1.807) is 0 Å². The number of hydrogen-bond donors (Lipinski definition) is 8. The molecule has 1 saturated heterocycles. The van der Waals surface area contributed by atoms with Gasteiger partial charge in [0.1, 0.15) is 5.82 Å². The van der Waals surface area contributed by atoms with Crippen molar-refractivity contribution in [3.05, 3.63) is 35.1 Å². The summed E-state index contributed by atoms with van der Waals surface area (Å²) in [4.78, 5) is -0.312. The average Bonchev–Trinajstić information content (AvgIpc) is 2.47. The van der Waals surface area contributed by atoms with E-state index in [2.05, 4.69) is 4.74 Å². The second kappa shape index (κ2) is 6.81. The predicted molar refractivity (Wildman–Crippen MR) is 77.8 cm³/mol. The summed E-state index contributed by atoms with van der Waals surface area (Å²) in [5.41, 5.74) is 0.160. The van der Waals surface area contributed by atoms with E-state index < -0.39 is 36.1 Å². The number of nitrogens with zero attached hydrogens (tertiary/aromatic N) is 1. The molecule has 1 aliphatic rings. The molecule has 2 rings (SSSR count). The summed E-state index contributed by atoms with van der Waals surface area (Å²) in [5, 5.41) is 76.5. The van der Waals surface area contributed by atoms with Crippen molar-refractivity contribution in [1.82, 2.24) is 4.90 Å². The van der Waals surface area contributed by atoms with Gasteiger partial charge in [-0.3, -0.25) is 4.74 Å². The monoisotopic (exact) mass is 367 g/mol. The normalized spacial score (nSPS) is 23.5. The highest BCUT2D eigenvalue weighted by molar-refractivity contribution is 5.23. The number of halogens is 1. The van der Waals surface area contributed by atoms with Gasteiger partial charge in [0.05, 0.1) is 0 Å². The van der Waals surface area contributed by atoms with Crippen LogP contribution < -0.4 is 0 Å². The third-order valence-corrected chi connectivity index (χ3v) is 3.49. The van der Waals surface area contributed by atoms with Crippen LogP contribution in [0.1, 0.15) is 25.0 Å². The molecular weight excluding hydrogens is 345 g/mol. The Morgan fingerprint density at radius 2 is 1.36 bits per heavy atom. The fourth-order valence-electron chi connectivity index (χ4n) is 2.04. The number of aliphatic hydroxyl groups is 8. The van der Waals surface area contributed by atoms with Gasteiger partial charge < -0.3 is 40.9 Å². The van der Waals surface area contributed by atoms with Gasteiger partial charge in [0, 0.05) is 6.54 Å². The fourth-order valence-corrected chi connectivity index (χ4v) is 2.04. The molecule has 0 radical (unpaired) electrons. The maximum atomic E-state index is 13.5. The standard InChI is InChI=1S/C12H16FNO9.C2H6/c1-6-2-3-7(4-8(6)13)5-14-9(15,16)11(19,20)23-12(21,22)10(14,17)18;1-2/h2-4,15-22H,5H2,1H3;1-2H3. The number of benzene rings is 1. The molecule has 0 unspecified atom stereocenters. The van der Waals surface area contributed by atoms with Gasteiger partial charge in [-0.15, -0.1) is 0 Å². The van der Waals surface area contributed by atoms with Crippen molar-refractivity contribution in [3.8, 4) is 0 Å². The molecule has 0 atom stereocenters. The second-order valence-corrected chi connectivity index (χ2v) is 5.26. The van der Waals surface area contributed by atoms with E-state index in [9.17, 15) is 45.2 Å². The molecule has 0 aliphatic carbocycles. The minimum atomic E-state index is -4.02.